The molecule has 1 amide bonds. The number of dihydropyridines is 1. The summed E-state index contributed by atoms with van der Waals surface area (Å²) in [7, 11) is 1.74. The number of carbonyl (C=O) groups excluding carboxylic acids is 1. The first-order valence-corrected chi connectivity index (χ1v) is 10.1. The second kappa shape index (κ2) is 7.78. The zero-order valence-corrected chi connectivity index (χ0v) is 15.7. The largest absolute Gasteiger partial charge is 0.369 e. The number of allylic oxidation sites excluding steroid dienone is 3. The molecule has 0 radical (unpaired) electrons. The Morgan fingerprint density at radius 2 is 2.19 bits per heavy atom. The van der Waals surface area contributed by atoms with Crippen molar-refractivity contribution in [1.29, 1.82) is 0 Å². The normalized spacial score (nSPS) is 31.5. The number of rotatable bonds is 3. The topological polar surface area (TPSA) is 65.5 Å². The van der Waals surface area contributed by atoms with Gasteiger partial charge in [0, 0.05) is 43.5 Å². The van der Waals surface area contributed by atoms with Crippen LogP contribution in [0.25, 0.3) is 0 Å². The molecule has 4 rings (SSSR count). The molecule has 140 valence electrons. The van der Waals surface area contributed by atoms with Crippen LogP contribution in [-0.2, 0) is 4.79 Å². The molecular formula is C21H30N4O. The lowest BCUT2D eigenvalue weighted by Crippen LogP contribution is -2.50. The summed E-state index contributed by atoms with van der Waals surface area (Å²) in [6, 6.07) is 0. The number of nitrogens with zero attached hydrogens (tertiary/aromatic N) is 1. The summed E-state index contributed by atoms with van der Waals surface area (Å²) in [5.74, 6) is 1.03. The maximum absolute atomic E-state index is 11.8. The number of carbonyl (C=O) groups is 1. The fraction of sp³-hybridized carbons (Fsp3) is 0.619. The maximum atomic E-state index is 11.8. The summed E-state index contributed by atoms with van der Waals surface area (Å²) in [5.41, 5.74) is 5.85. The lowest BCUT2D eigenvalue weighted by Gasteiger charge is -2.38. The average molecular weight is 354 g/mol. The molecule has 5 heteroatoms. The standard InChI is InChI=1S/C21H30N4O/c1-22-21(26)15-6-4-14(5-7-15)16-8-9-19-18(11-16)13-24-20(25-19)17-3-2-10-23-12-17/h3-4,12,15-16,20,24-25H,2,5-11,13H2,1H3,(H,22,26)/t15-,16+,20?/m0/s1. The van der Waals surface area contributed by atoms with Crippen molar-refractivity contribution in [1.82, 2.24) is 16.0 Å². The van der Waals surface area contributed by atoms with E-state index >= 15 is 0 Å². The van der Waals surface area contributed by atoms with E-state index in [4.69, 9.17) is 0 Å². The predicted molar refractivity (Wildman–Crippen MR) is 105 cm³/mol. The molecule has 0 aromatic carbocycles. The first kappa shape index (κ1) is 17.5. The quantitative estimate of drug-likeness (QED) is 0.682. The Hall–Kier alpha value is -1.88. The van der Waals surface area contributed by atoms with Crippen LogP contribution < -0.4 is 16.0 Å². The molecule has 0 fully saturated rings. The third kappa shape index (κ3) is 3.63. The summed E-state index contributed by atoms with van der Waals surface area (Å²) >= 11 is 0. The fourth-order valence-corrected chi connectivity index (χ4v) is 4.73. The first-order chi connectivity index (χ1) is 12.7. The summed E-state index contributed by atoms with van der Waals surface area (Å²) in [4.78, 5) is 16.2. The molecule has 3 N–H and O–H groups in total. The SMILES string of the molecule is CNC(=O)[C@H]1CC=C([C@@H]2CCC3=C(CNC(C4=CCCN=C4)N3)C2)CC1. The molecular weight excluding hydrogens is 324 g/mol. The van der Waals surface area contributed by atoms with E-state index in [9.17, 15) is 4.79 Å². The predicted octanol–water partition coefficient (Wildman–Crippen LogP) is 2.43. The molecule has 0 saturated heterocycles. The highest BCUT2D eigenvalue weighted by Gasteiger charge is 2.31. The van der Waals surface area contributed by atoms with E-state index in [2.05, 4.69) is 33.1 Å². The van der Waals surface area contributed by atoms with Crippen LogP contribution in [0.2, 0.25) is 0 Å². The van der Waals surface area contributed by atoms with Crippen LogP contribution in [-0.4, -0.2) is 38.4 Å². The van der Waals surface area contributed by atoms with Crippen molar-refractivity contribution < 1.29 is 4.79 Å². The van der Waals surface area contributed by atoms with E-state index < -0.39 is 0 Å². The number of amides is 1. The minimum atomic E-state index is 0.173. The van der Waals surface area contributed by atoms with Crippen molar-refractivity contribution in [3.8, 4) is 0 Å². The van der Waals surface area contributed by atoms with E-state index in [1.165, 1.54) is 17.7 Å². The van der Waals surface area contributed by atoms with E-state index in [0.29, 0.717) is 5.92 Å². The Kier molecular flexibility index (Phi) is 5.25. The molecule has 2 heterocycles. The summed E-state index contributed by atoms with van der Waals surface area (Å²) in [6.07, 6.45) is 14.4. The van der Waals surface area contributed by atoms with E-state index in [-0.39, 0.29) is 18.0 Å². The van der Waals surface area contributed by atoms with Crippen molar-refractivity contribution in [2.75, 3.05) is 20.1 Å². The van der Waals surface area contributed by atoms with Crippen molar-refractivity contribution in [3.05, 3.63) is 34.6 Å². The van der Waals surface area contributed by atoms with Crippen molar-refractivity contribution >= 4 is 12.1 Å². The molecule has 1 unspecified atom stereocenters. The maximum Gasteiger partial charge on any atom is 0.223 e. The van der Waals surface area contributed by atoms with Gasteiger partial charge >= 0.3 is 0 Å². The Labute approximate surface area is 156 Å². The average Bonchev–Trinajstić information content (AvgIpc) is 2.73. The Bertz CT molecular complexity index is 688. The minimum Gasteiger partial charge on any atom is -0.369 e. The molecule has 2 aliphatic heterocycles. The highest BCUT2D eigenvalue weighted by atomic mass is 16.1. The molecule has 0 spiro atoms. The molecule has 0 saturated carbocycles. The second-order valence-electron chi connectivity index (χ2n) is 7.87. The van der Waals surface area contributed by atoms with Gasteiger partial charge in [-0.05, 0) is 56.4 Å². The number of aliphatic imine (C=N–C) groups is 1. The monoisotopic (exact) mass is 354 g/mol. The third-order valence-electron chi connectivity index (χ3n) is 6.30. The molecule has 3 atom stereocenters. The van der Waals surface area contributed by atoms with Crippen LogP contribution in [0, 0.1) is 11.8 Å². The fourth-order valence-electron chi connectivity index (χ4n) is 4.73. The van der Waals surface area contributed by atoms with Crippen molar-refractivity contribution in [2.24, 2.45) is 16.8 Å². The molecule has 2 aliphatic carbocycles. The lowest BCUT2D eigenvalue weighted by atomic mass is 9.76. The van der Waals surface area contributed by atoms with E-state index in [1.54, 1.807) is 18.2 Å². The van der Waals surface area contributed by atoms with Gasteiger partial charge in [0.2, 0.25) is 5.91 Å². The first-order valence-electron chi connectivity index (χ1n) is 10.1. The lowest BCUT2D eigenvalue weighted by molar-refractivity contribution is -0.124. The minimum absolute atomic E-state index is 0.173. The van der Waals surface area contributed by atoms with Crippen LogP contribution in [0.1, 0.15) is 44.9 Å². The Morgan fingerprint density at radius 3 is 2.92 bits per heavy atom. The number of hydrogen-bond acceptors (Lipinski definition) is 4. The van der Waals surface area contributed by atoms with E-state index in [1.807, 2.05) is 6.21 Å². The highest BCUT2D eigenvalue weighted by Crippen LogP contribution is 2.38. The smallest absolute Gasteiger partial charge is 0.223 e. The summed E-state index contributed by atoms with van der Waals surface area (Å²) < 4.78 is 0. The van der Waals surface area contributed by atoms with Gasteiger partial charge < -0.3 is 10.6 Å². The molecule has 0 aromatic heterocycles. The van der Waals surface area contributed by atoms with Gasteiger partial charge in [0.05, 0.1) is 0 Å². The van der Waals surface area contributed by atoms with Crippen molar-refractivity contribution in [2.45, 2.75) is 51.1 Å². The molecule has 4 aliphatic rings. The van der Waals surface area contributed by atoms with Crippen LogP contribution in [0.5, 0.6) is 0 Å². The summed E-state index contributed by atoms with van der Waals surface area (Å²) in [6.45, 7) is 1.89. The molecule has 0 aromatic rings. The van der Waals surface area contributed by atoms with Gasteiger partial charge in [0.1, 0.15) is 6.17 Å². The van der Waals surface area contributed by atoms with Gasteiger partial charge in [0.15, 0.2) is 0 Å². The second-order valence-corrected chi connectivity index (χ2v) is 7.87. The number of nitrogens with one attached hydrogen (secondary N) is 3. The zero-order chi connectivity index (χ0) is 17.9. The molecule has 0 bridgehead atoms. The van der Waals surface area contributed by atoms with E-state index in [0.717, 1.165) is 51.6 Å². The van der Waals surface area contributed by atoms with Gasteiger partial charge in [-0.15, -0.1) is 0 Å². The zero-order valence-electron chi connectivity index (χ0n) is 15.7. The third-order valence-corrected chi connectivity index (χ3v) is 6.30. The highest BCUT2D eigenvalue weighted by molar-refractivity contribution is 5.81. The Morgan fingerprint density at radius 1 is 1.27 bits per heavy atom. The van der Waals surface area contributed by atoms with Crippen LogP contribution in [0.4, 0.5) is 0 Å². The van der Waals surface area contributed by atoms with Crippen molar-refractivity contribution in [3.63, 3.8) is 0 Å². The Balaban J connectivity index is 1.38. The van der Waals surface area contributed by atoms with Gasteiger partial charge in [-0.1, -0.05) is 17.7 Å². The van der Waals surface area contributed by atoms with Gasteiger partial charge in [0.25, 0.3) is 0 Å². The van der Waals surface area contributed by atoms with Crippen LogP contribution in [0.15, 0.2) is 39.6 Å². The van der Waals surface area contributed by atoms with Gasteiger partial charge in [-0.25, -0.2) is 0 Å². The number of hydrogen-bond donors (Lipinski definition) is 3. The molecule has 5 nitrogen and oxygen atoms in total. The van der Waals surface area contributed by atoms with Gasteiger partial charge in [-0.3, -0.25) is 15.1 Å². The summed E-state index contributed by atoms with van der Waals surface area (Å²) in [5, 5.41) is 10.1. The van der Waals surface area contributed by atoms with Gasteiger partial charge in [-0.2, -0.15) is 0 Å². The molecule has 26 heavy (non-hydrogen) atoms. The van der Waals surface area contributed by atoms with Crippen LogP contribution >= 0.6 is 0 Å². The van der Waals surface area contributed by atoms with Crippen LogP contribution in [0.3, 0.4) is 0 Å².